The van der Waals surface area contributed by atoms with Gasteiger partial charge in [-0.2, -0.15) is 0 Å². The first-order valence-electron chi connectivity index (χ1n) is 5.54. The topological polar surface area (TPSA) is 79.1 Å². The maximum Gasteiger partial charge on any atom is 0.320 e. The van der Waals surface area contributed by atoms with E-state index in [2.05, 4.69) is 4.98 Å². The van der Waals surface area contributed by atoms with Crippen LogP contribution in [0.1, 0.15) is 30.7 Å². The number of nitrogens with one attached hydrogen (secondary N) is 1. The van der Waals surface area contributed by atoms with E-state index in [1.807, 2.05) is 44.3 Å². The van der Waals surface area contributed by atoms with Crippen molar-refractivity contribution >= 4 is 18.1 Å². The zero-order chi connectivity index (χ0) is 12.8. The van der Waals surface area contributed by atoms with Gasteiger partial charge in [-0.1, -0.05) is 18.2 Å². The van der Waals surface area contributed by atoms with Crippen molar-refractivity contribution in [1.29, 1.82) is 0 Å². The van der Waals surface area contributed by atoms with E-state index in [0.717, 1.165) is 16.8 Å². The van der Waals surface area contributed by atoms with E-state index < -0.39 is 12.0 Å². The highest BCUT2D eigenvalue weighted by Crippen LogP contribution is 2.19. The largest absolute Gasteiger partial charge is 0.480 e. The normalized spacial score (nSPS) is 13.6. The van der Waals surface area contributed by atoms with Gasteiger partial charge in [0.05, 0.1) is 0 Å². The van der Waals surface area contributed by atoms with E-state index in [9.17, 15) is 4.79 Å². The highest BCUT2D eigenvalue weighted by atomic mass is 16.4. The third kappa shape index (κ3) is 3.32. The molecule has 0 saturated heterocycles. The van der Waals surface area contributed by atoms with Crippen LogP contribution in [0.3, 0.4) is 0 Å². The molecule has 1 heterocycles. The standard InChI is InChI=1S/C13H18N2O2/c1-3-5-10-9(7-11(14)13(16)17)8-15-12(10)6-4-2/h3-6,8,11,15H,7,14H2,1-2H3,(H,16,17)/b5-3-,6-4-. The average molecular weight is 234 g/mol. The fourth-order valence-corrected chi connectivity index (χ4v) is 1.65. The van der Waals surface area contributed by atoms with Gasteiger partial charge in [0.25, 0.3) is 0 Å². The summed E-state index contributed by atoms with van der Waals surface area (Å²) in [5.74, 6) is -0.981. The summed E-state index contributed by atoms with van der Waals surface area (Å²) >= 11 is 0. The van der Waals surface area contributed by atoms with Crippen molar-refractivity contribution in [2.75, 3.05) is 0 Å². The molecule has 1 aromatic rings. The van der Waals surface area contributed by atoms with Crippen molar-refractivity contribution in [2.45, 2.75) is 26.3 Å². The van der Waals surface area contributed by atoms with Crippen molar-refractivity contribution < 1.29 is 9.90 Å². The number of carbonyl (C=O) groups is 1. The first kappa shape index (κ1) is 13.3. The van der Waals surface area contributed by atoms with Gasteiger partial charge in [0.1, 0.15) is 6.04 Å². The number of allylic oxidation sites excluding steroid dienone is 2. The number of carboxylic acids is 1. The molecule has 92 valence electrons. The fraction of sp³-hybridized carbons (Fsp3) is 0.308. The molecule has 0 aliphatic heterocycles. The molecule has 0 spiro atoms. The Hall–Kier alpha value is -1.81. The highest BCUT2D eigenvalue weighted by molar-refractivity contribution is 5.74. The van der Waals surface area contributed by atoms with Gasteiger partial charge in [0.2, 0.25) is 0 Å². The molecule has 4 N–H and O–H groups in total. The molecule has 1 atom stereocenters. The van der Waals surface area contributed by atoms with Gasteiger partial charge < -0.3 is 15.8 Å². The maximum atomic E-state index is 10.7. The van der Waals surface area contributed by atoms with Gasteiger partial charge in [0, 0.05) is 23.9 Å². The summed E-state index contributed by atoms with van der Waals surface area (Å²) in [4.78, 5) is 13.9. The minimum absolute atomic E-state index is 0.322. The predicted octanol–water partition coefficient (Wildman–Crippen LogP) is 2.04. The van der Waals surface area contributed by atoms with Gasteiger partial charge in [-0.05, 0) is 25.5 Å². The minimum atomic E-state index is -0.981. The van der Waals surface area contributed by atoms with Crippen LogP contribution in [0.25, 0.3) is 12.2 Å². The van der Waals surface area contributed by atoms with E-state index in [-0.39, 0.29) is 0 Å². The average Bonchev–Trinajstić information content (AvgIpc) is 2.63. The lowest BCUT2D eigenvalue weighted by molar-refractivity contribution is -0.138. The molecule has 1 unspecified atom stereocenters. The lowest BCUT2D eigenvalue weighted by atomic mass is 10.0. The Labute approximate surface area is 101 Å². The van der Waals surface area contributed by atoms with Crippen LogP contribution in [-0.2, 0) is 11.2 Å². The van der Waals surface area contributed by atoms with Crippen LogP contribution >= 0.6 is 0 Å². The number of aromatic amines is 1. The zero-order valence-corrected chi connectivity index (χ0v) is 10.1. The van der Waals surface area contributed by atoms with Gasteiger partial charge in [-0.25, -0.2) is 0 Å². The Bertz CT molecular complexity index is 444. The zero-order valence-electron chi connectivity index (χ0n) is 10.1. The van der Waals surface area contributed by atoms with Crippen molar-refractivity contribution in [3.63, 3.8) is 0 Å². The summed E-state index contributed by atoms with van der Waals surface area (Å²) in [6.07, 6.45) is 9.89. The Morgan fingerprint density at radius 1 is 1.47 bits per heavy atom. The van der Waals surface area contributed by atoms with Crippen LogP contribution in [0.15, 0.2) is 18.3 Å². The third-order valence-electron chi connectivity index (χ3n) is 2.46. The molecule has 0 saturated carbocycles. The van der Waals surface area contributed by atoms with Crippen LogP contribution < -0.4 is 5.73 Å². The lowest BCUT2D eigenvalue weighted by Crippen LogP contribution is -2.32. The maximum absolute atomic E-state index is 10.7. The van der Waals surface area contributed by atoms with E-state index in [0.29, 0.717) is 6.42 Å². The second-order valence-electron chi connectivity index (χ2n) is 3.79. The number of hydrogen-bond acceptors (Lipinski definition) is 2. The molecular weight excluding hydrogens is 216 g/mol. The van der Waals surface area contributed by atoms with Gasteiger partial charge in [-0.15, -0.1) is 0 Å². The number of rotatable bonds is 5. The van der Waals surface area contributed by atoms with Crippen molar-refractivity contribution in [3.8, 4) is 0 Å². The van der Waals surface area contributed by atoms with E-state index in [4.69, 9.17) is 10.8 Å². The van der Waals surface area contributed by atoms with Gasteiger partial charge >= 0.3 is 5.97 Å². The molecule has 1 rings (SSSR count). The van der Waals surface area contributed by atoms with Crippen molar-refractivity contribution in [1.82, 2.24) is 4.98 Å². The molecule has 4 heteroatoms. The Kier molecular flexibility index (Phi) is 4.72. The molecule has 17 heavy (non-hydrogen) atoms. The SMILES string of the molecule is C/C=C\c1[nH]cc(CC(N)C(=O)O)c1/C=C\C. The van der Waals surface area contributed by atoms with Gasteiger partial charge in [-0.3, -0.25) is 4.79 Å². The molecule has 4 nitrogen and oxygen atoms in total. The van der Waals surface area contributed by atoms with Crippen LogP contribution in [0.4, 0.5) is 0 Å². The van der Waals surface area contributed by atoms with Gasteiger partial charge in [0.15, 0.2) is 0 Å². The second kappa shape index (κ2) is 6.06. The van der Waals surface area contributed by atoms with E-state index in [1.54, 1.807) is 0 Å². The molecule has 0 bridgehead atoms. The number of H-pyrrole nitrogens is 1. The predicted molar refractivity (Wildman–Crippen MR) is 69.5 cm³/mol. The minimum Gasteiger partial charge on any atom is -0.480 e. The summed E-state index contributed by atoms with van der Waals surface area (Å²) in [6.45, 7) is 3.86. The molecule has 1 aromatic heterocycles. The summed E-state index contributed by atoms with van der Waals surface area (Å²) < 4.78 is 0. The Morgan fingerprint density at radius 3 is 2.65 bits per heavy atom. The van der Waals surface area contributed by atoms with Crippen LogP contribution in [0.5, 0.6) is 0 Å². The number of hydrogen-bond donors (Lipinski definition) is 3. The summed E-state index contributed by atoms with van der Waals surface area (Å²) in [5, 5.41) is 8.81. The number of carboxylic acid groups (broad SMARTS) is 1. The molecule has 0 radical (unpaired) electrons. The smallest absolute Gasteiger partial charge is 0.320 e. The number of nitrogens with two attached hydrogens (primary N) is 1. The number of aliphatic carboxylic acids is 1. The van der Waals surface area contributed by atoms with Crippen molar-refractivity contribution in [3.05, 3.63) is 35.2 Å². The summed E-state index contributed by atoms with van der Waals surface area (Å²) in [6, 6.07) is -0.867. The quantitative estimate of drug-likeness (QED) is 0.729. The number of aromatic nitrogens is 1. The first-order chi connectivity index (χ1) is 8.10. The van der Waals surface area contributed by atoms with Crippen LogP contribution in [0, 0.1) is 0 Å². The Morgan fingerprint density at radius 2 is 2.12 bits per heavy atom. The van der Waals surface area contributed by atoms with E-state index in [1.165, 1.54) is 0 Å². The molecule has 0 aliphatic rings. The molecule has 0 amide bonds. The van der Waals surface area contributed by atoms with E-state index >= 15 is 0 Å². The monoisotopic (exact) mass is 234 g/mol. The molecule has 0 aliphatic carbocycles. The third-order valence-corrected chi connectivity index (χ3v) is 2.46. The lowest BCUT2D eigenvalue weighted by Gasteiger charge is -2.05. The van der Waals surface area contributed by atoms with Crippen molar-refractivity contribution in [2.24, 2.45) is 5.73 Å². The summed E-state index contributed by atoms with van der Waals surface area (Å²) in [7, 11) is 0. The van der Waals surface area contributed by atoms with Crippen LogP contribution in [0.2, 0.25) is 0 Å². The van der Waals surface area contributed by atoms with Crippen LogP contribution in [-0.4, -0.2) is 22.1 Å². The Balaban J connectivity index is 3.03. The molecular formula is C13H18N2O2. The highest BCUT2D eigenvalue weighted by Gasteiger charge is 2.15. The second-order valence-corrected chi connectivity index (χ2v) is 3.79. The molecule has 0 fully saturated rings. The molecule has 0 aromatic carbocycles. The summed E-state index contributed by atoms with van der Waals surface area (Å²) in [5.41, 5.74) is 8.44. The fourth-order valence-electron chi connectivity index (χ4n) is 1.65. The first-order valence-corrected chi connectivity index (χ1v) is 5.54.